The van der Waals surface area contributed by atoms with Crippen LogP contribution in [0.25, 0.3) is 93.5 Å². The molecule has 246 valence electrons. The number of benzene rings is 9. The highest BCUT2D eigenvalue weighted by Gasteiger charge is 2.19. The minimum absolute atomic E-state index is 0.632. The van der Waals surface area contributed by atoms with E-state index in [0.29, 0.717) is 5.56 Å². The first-order valence-corrected chi connectivity index (χ1v) is 18.0. The van der Waals surface area contributed by atoms with Crippen LogP contribution in [0.1, 0.15) is 5.56 Å². The first kappa shape index (κ1) is 30.6. The van der Waals surface area contributed by atoms with Crippen LogP contribution in [0.2, 0.25) is 0 Å². The van der Waals surface area contributed by atoms with Crippen molar-refractivity contribution in [2.75, 3.05) is 0 Å². The molecular formula is C51H32N2. The fourth-order valence-corrected chi connectivity index (χ4v) is 8.34. The van der Waals surface area contributed by atoms with E-state index in [1.54, 1.807) is 0 Å². The predicted octanol–water partition coefficient (Wildman–Crippen LogP) is 13.6. The minimum atomic E-state index is 0.632. The summed E-state index contributed by atoms with van der Waals surface area (Å²) in [4.78, 5) is 0. The Morgan fingerprint density at radius 2 is 0.774 bits per heavy atom. The summed E-state index contributed by atoms with van der Waals surface area (Å²) < 4.78 is 2.34. The van der Waals surface area contributed by atoms with Crippen LogP contribution in [-0.2, 0) is 0 Å². The molecule has 2 nitrogen and oxygen atoms in total. The van der Waals surface area contributed by atoms with Crippen molar-refractivity contribution in [2.24, 2.45) is 0 Å². The Balaban J connectivity index is 1.15. The number of rotatable bonds is 5. The number of hydrogen-bond donors (Lipinski definition) is 0. The standard InChI is InChI=1S/C51H32N2/c52-33-34-26-31-49(53-47-24-12-10-18-40(47)41-19-11-13-25-48(41)53)46(32-34)39-17-5-4-16-38(39)35-27-29-37(30-28-35)51-44-22-8-6-20-42(44)50(36-14-2-1-3-15-36)43-21-7-9-23-45(43)51/h1-32H. The van der Waals surface area contributed by atoms with E-state index in [4.69, 9.17) is 0 Å². The molecule has 2 heteroatoms. The van der Waals surface area contributed by atoms with Crippen LogP contribution in [0, 0.1) is 11.3 Å². The van der Waals surface area contributed by atoms with E-state index < -0.39 is 0 Å². The third-order valence-electron chi connectivity index (χ3n) is 10.6. The summed E-state index contributed by atoms with van der Waals surface area (Å²) in [5.74, 6) is 0. The second-order valence-electron chi connectivity index (χ2n) is 13.5. The molecule has 1 aromatic heterocycles. The molecule has 0 spiro atoms. The van der Waals surface area contributed by atoms with E-state index in [-0.39, 0.29) is 0 Å². The minimum Gasteiger partial charge on any atom is -0.309 e. The van der Waals surface area contributed by atoms with Crippen LogP contribution < -0.4 is 0 Å². The SMILES string of the molecule is N#Cc1ccc(-n2c3ccccc3c3ccccc32)c(-c2ccccc2-c2ccc(-c3c4ccccc4c(-c4ccccc4)c4ccccc34)cc2)c1. The van der Waals surface area contributed by atoms with Crippen molar-refractivity contribution in [1.29, 1.82) is 5.26 Å². The lowest BCUT2D eigenvalue weighted by molar-refractivity contribution is 1.18. The molecule has 0 fully saturated rings. The van der Waals surface area contributed by atoms with Crippen LogP contribution in [-0.4, -0.2) is 4.57 Å². The van der Waals surface area contributed by atoms with Gasteiger partial charge in [-0.3, -0.25) is 0 Å². The Morgan fingerprint density at radius 3 is 1.32 bits per heavy atom. The molecule has 0 aliphatic rings. The third kappa shape index (κ3) is 4.94. The fraction of sp³-hybridized carbons (Fsp3) is 0. The third-order valence-corrected chi connectivity index (χ3v) is 10.6. The molecular weight excluding hydrogens is 641 g/mol. The van der Waals surface area contributed by atoms with E-state index >= 15 is 0 Å². The summed E-state index contributed by atoms with van der Waals surface area (Å²) in [6.07, 6.45) is 0. The molecule has 0 aliphatic heterocycles. The molecule has 0 radical (unpaired) electrons. The van der Waals surface area contributed by atoms with E-state index in [9.17, 15) is 5.26 Å². The molecule has 0 N–H and O–H groups in total. The summed E-state index contributed by atoms with van der Waals surface area (Å²) in [6, 6.07) is 71.5. The Kier molecular flexibility index (Phi) is 7.23. The molecule has 0 atom stereocenters. The van der Waals surface area contributed by atoms with Crippen LogP contribution in [0.3, 0.4) is 0 Å². The number of nitriles is 1. The second kappa shape index (κ2) is 12.5. The first-order valence-electron chi connectivity index (χ1n) is 18.0. The molecule has 10 rings (SSSR count). The van der Waals surface area contributed by atoms with Crippen molar-refractivity contribution in [1.82, 2.24) is 4.57 Å². The molecule has 0 saturated carbocycles. The summed E-state index contributed by atoms with van der Waals surface area (Å²) in [7, 11) is 0. The summed E-state index contributed by atoms with van der Waals surface area (Å²) in [5.41, 5.74) is 13.2. The Morgan fingerprint density at radius 1 is 0.340 bits per heavy atom. The van der Waals surface area contributed by atoms with Gasteiger partial charge in [-0.15, -0.1) is 0 Å². The van der Waals surface area contributed by atoms with Crippen LogP contribution in [0.5, 0.6) is 0 Å². The second-order valence-corrected chi connectivity index (χ2v) is 13.5. The fourth-order valence-electron chi connectivity index (χ4n) is 8.34. The largest absolute Gasteiger partial charge is 0.309 e. The molecule has 0 unspecified atom stereocenters. The Bertz CT molecular complexity index is 2940. The van der Waals surface area contributed by atoms with Gasteiger partial charge in [-0.25, -0.2) is 0 Å². The quantitative estimate of drug-likeness (QED) is 0.167. The van der Waals surface area contributed by atoms with Gasteiger partial charge in [-0.2, -0.15) is 5.26 Å². The number of para-hydroxylation sites is 2. The average molecular weight is 673 g/mol. The summed E-state index contributed by atoms with van der Waals surface area (Å²) in [6.45, 7) is 0. The number of hydrogen-bond acceptors (Lipinski definition) is 1. The maximum absolute atomic E-state index is 10.1. The molecule has 0 bridgehead atoms. The lowest BCUT2D eigenvalue weighted by Gasteiger charge is -2.19. The van der Waals surface area contributed by atoms with Gasteiger partial charge in [-0.05, 0) is 90.8 Å². The highest BCUT2D eigenvalue weighted by Crippen LogP contribution is 2.45. The highest BCUT2D eigenvalue weighted by atomic mass is 15.0. The topological polar surface area (TPSA) is 28.7 Å². The van der Waals surface area contributed by atoms with Crippen LogP contribution in [0.4, 0.5) is 0 Å². The zero-order chi connectivity index (χ0) is 35.3. The van der Waals surface area contributed by atoms with Gasteiger partial charge in [0.15, 0.2) is 0 Å². The zero-order valence-electron chi connectivity index (χ0n) is 28.9. The van der Waals surface area contributed by atoms with Crippen LogP contribution >= 0.6 is 0 Å². The average Bonchev–Trinajstić information content (AvgIpc) is 3.57. The highest BCUT2D eigenvalue weighted by molar-refractivity contribution is 6.21. The predicted molar refractivity (Wildman–Crippen MR) is 222 cm³/mol. The molecule has 10 aromatic rings. The van der Waals surface area contributed by atoms with Crippen LogP contribution in [0.15, 0.2) is 194 Å². The number of aromatic nitrogens is 1. The van der Waals surface area contributed by atoms with Gasteiger partial charge < -0.3 is 4.57 Å². The molecule has 0 aliphatic carbocycles. The van der Waals surface area contributed by atoms with Gasteiger partial charge in [0.05, 0.1) is 28.4 Å². The molecule has 0 saturated heterocycles. The zero-order valence-corrected chi connectivity index (χ0v) is 28.9. The maximum Gasteiger partial charge on any atom is 0.0991 e. The van der Waals surface area contributed by atoms with Gasteiger partial charge in [-0.1, -0.05) is 164 Å². The Hall–Kier alpha value is -7.21. The van der Waals surface area contributed by atoms with Gasteiger partial charge in [0.25, 0.3) is 0 Å². The smallest absolute Gasteiger partial charge is 0.0991 e. The molecule has 53 heavy (non-hydrogen) atoms. The molecule has 0 amide bonds. The lowest BCUT2D eigenvalue weighted by atomic mass is 9.85. The van der Waals surface area contributed by atoms with Crippen molar-refractivity contribution >= 4 is 43.4 Å². The van der Waals surface area contributed by atoms with Gasteiger partial charge in [0, 0.05) is 16.3 Å². The van der Waals surface area contributed by atoms with E-state index in [0.717, 1.165) is 39.0 Å². The van der Waals surface area contributed by atoms with Gasteiger partial charge in [0.2, 0.25) is 0 Å². The van der Waals surface area contributed by atoms with E-state index in [1.807, 2.05) is 12.1 Å². The number of fused-ring (bicyclic) bond motifs is 5. The van der Waals surface area contributed by atoms with Gasteiger partial charge >= 0.3 is 0 Å². The van der Waals surface area contributed by atoms with Gasteiger partial charge in [0.1, 0.15) is 0 Å². The lowest BCUT2D eigenvalue weighted by Crippen LogP contribution is -1.99. The Labute approximate surface area is 308 Å². The van der Waals surface area contributed by atoms with Crippen molar-refractivity contribution in [3.8, 4) is 56.3 Å². The van der Waals surface area contributed by atoms with Crippen molar-refractivity contribution in [2.45, 2.75) is 0 Å². The molecule has 1 heterocycles. The van der Waals surface area contributed by atoms with E-state index in [1.165, 1.54) is 54.6 Å². The number of nitrogens with zero attached hydrogens (tertiary/aromatic N) is 2. The van der Waals surface area contributed by atoms with E-state index in [2.05, 4.69) is 193 Å². The van der Waals surface area contributed by atoms with Crippen molar-refractivity contribution in [3.05, 3.63) is 200 Å². The van der Waals surface area contributed by atoms with Crippen molar-refractivity contribution < 1.29 is 0 Å². The van der Waals surface area contributed by atoms with Crippen molar-refractivity contribution in [3.63, 3.8) is 0 Å². The normalized spacial score (nSPS) is 11.4. The summed E-state index contributed by atoms with van der Waals surface area (Å²) >= 11 is 0. The monoisotopic (exact) mass is 672 g/mol. The maximum atomic E-state index is 10.1. The first-order chi connectivity index (χ1) is 26.3. The summed E-state index contributed by atoms with van der Waals surface area (Å²) in [5, 5.41) is 17.5. The molecule has 9 aromatic carbocycles.